The van der Waals surface area contributed by atoms with Gasteiger partial charge in [-0.1, -0.05) is 17.7 Å². The molecule has 1 aromatic carbocycles. The number of aliphatic hydroxyl groups excluding tert-OH is 1. The van der Waals surface area contributed by atoms with Gasteiger partial charge in [-0.15, -0.1) is 0 Å². The van der Waals surface area contributed by atoms with Crippen LogP contribution in [0.4, 0.5) is 0 Å². The maximum absolute atomic E-state index is 10.4. The molecule has 0 saturated carbocycles. The monoisotopic (exact) mass is 334 g/mol. The zero-order valence-corrected chi connectivity index (χ0v) is 13.6. The molecule has 3 rings (SSSR count). The fourth-order valence-corrected chi connectivity index (χ4v) is 2.74. The van der Waals surface area contributed by atoms with Crippen molar-refractivity contribution in [2.45, 2.75) is 19.1 Å². The van der Waals surface area contributed by atoms with E-state index in [1.54, 1.807) is 18.3 Å². The normalized spacial score (nSPS) is 16.0. The summed E-state index contributed by atoms with van der Waals surface area (Å²) in [5.74, 6) is 1.12. The van der Waals surface area contributed by atoms with Crippen LogP contribution >= 0.6 is 11.6 Å². The number of hydrogen-bond acceptors (Lipinski definition) is 5. The van der Waals surface area contributed by atoms with E-state index < -0.39 is 6.10 Å². The predicted octanol–water partition coefficient (Wildman–Crippen LogP) is 2.89. The van der Waals surface area contributed by atoms with E-state index in [0.717, 1.165) is 5.69 Å². The van der Waals surface area contributed by atoms with E-state index >= 15 is 0 Å². The number of ether oxygens (including phenoxy) is 2. The molecule has 0 amide bonds. The lowest BCUT2D eigenvalue weighted by Gasteiger charge is -2.22. The number of nitrogens with one attached hydrogen (secondary N) is 1. The van der Waals surface area contributed by atoms with E-state index in [2.05, 4.69) is 10.3 Å². The molecule has 0 spiro atoms. The highest BCUT2D eigenvalue weighted by molar-refractivity contribution is 6.32. The van der Waals surface area contributed by atoms with Crippen LogP contribution in [0.5, 0.6) is 11.5 Å². The van der Waals surface area contributed by atoms with Crippen molar-refractivity contribution in [2.75, 3.05) is 19.8 Å². The molecule has 0 saturated heterocycles. The van der Waals surface area contributed by atoms with Gasteiger partial charge in [0.2, 0.25) is 0 Å². The fourth-order valence-electron chi connectivity index (χ4n) is 2.47. The van der Waals surface area contributed by atoms with Gasteiger partial charge in [0.25, 0.3) is 0 Å². The lowest BCUT2D eigenvalue weighted by Crippen LogP contribution is -2.25. The second-order valence-electron chi connectivity index (χ2n) is 5.43. The number of halogens is 1. The van der Waals surface area contributed by atoms with E-state index in [-0.39, 0.29) is 6.04 Å². The Bertz CT molecular complexity index is 666. The maximum Gasteiger partial charge on any atom is 0.179 e. The molecule has 122 valence electrons. The topological polar surface area (TPSA) is 63.6 Å². The minimum absolute atomic E-state index is 0.0403. The number of hydrogen-bond donors (Lipinski definition) is 2. The lowest BCUT2D eigenvalue weighted by molar-refractivity contribution is 0.161. The van der Waals surface area contributed by atoms with Crippen LogP contribution in [0.15, 0.2) is 36.5 Å². The summed E-state index contributed by atoms with van der Waals surface area (Å²) in [6.45, 7) is 3.36. The summed E-state index contributed by atoms with van der Waals surface area (Å²) in [6.07, 6.45) is 1.05. The van der Waals surface area contributed by atoms with Crippen LogP contribution in [-0.2, 0) is 0 Å². The lowest BCUT2D eigenvalue weighted by atomic mass is 10.1. The third-order valence-corrected chi connectivity index (χ3v) is 4.03. The van der Waals surface area contributed by atoms with Crippen molar-refractivity contribution in [1.82, 2.24) is 10.3 Å². The molecule has 0 bridgehead atoms. The number of benzene rings is 1. The first-order chi connectivity index (χ1) is 11.1. The van der Waals surface area contributed by atoms with Gasteiger partial charge in [0.1, 0.15) is 13.2 Å². The maximum atomic E-state index is 10.4. The molecule has 2 aromatic rings. The molecule has 5 nitrogen and oxygen atoms in total. The first-order valence-corrected chi connectivity index (χ1v) is 7.94. The Kier molecular flexibility index (Phi) is 5.00. The minimum Gasteiger partial charge on any atom is -0.486 e. The van der Waals surface area contributed by atoms with E-state index in [1.165, 1.54) is 0 Å². The Morgan fingerprint density at radius 2 is 2.13 bits per heavy atom. The first-order valence-electron chi connectivity index (χ1n) is 7.56. The predicted molar refractivity (Wildman–Crippen MR) is 88.1 cm³/mol. The van der Waals surface area contributed by atoms with Crippen LogP contribution in [-0.4, -0.2) is 29.8 Å². The highest BCUT2D eigenvalue weighted by Gasteiger charge is 2.20. The molecule has 0 aliphatic carbocycles. The molecular weight excluding hydrogens is 316 g/mol. The van der Waals surface area contributed by atoms with Crippen molar-refractivity contribution in [3.8, 4) is 11.5 Å². The third-order valence-electron chi connectivity index (χ3n) is 3.75. The molecule has 2 heterocycles. The fraction of sp³-hybridized carbons (Fsp3) is 0.353. The Labute approximate surface area is 140 Å². The van der Waals surface area contributed by atoms with Crippen molar-refractivity contribution in [3.63, 3.8) is 0 Å². The molecule has 1 aromatic heterocycles. The summed E-state index contributed by atoms with van der Waals surface area (Å²) < 4.78 is 11.0. The van der Waals surface area contributed by atoms with E-state index in [1.807, 2.05) is 25.1 Å². The molecule has 0 fully saturated rings. The molecule has 23 heavy (non-hydrogen) atoms. The van der Waals surface area contributed by atoms with Crippen molar-refractivity contribution in [1.29, 1.82) is 0 Å². The van der Waals surface area contributed by atoms with Crippen molar-refractivity contribution < 1.29 is 14.6 Å². The second-order valence-corrected chi connectivity index (χ2v) is 5.83. The van der Waals surface area contributed by atoms with Gasteiger partial charge in [0, 0.05) is 18.8 Å². The smallest absolute Gasteiger partial charge is 0.179 e. The molecule has 2 N–H and O–H groups in total. The van der Waals surface area contributed by atoms with Crippen molar-refractivity contribution in [3.05, 3.63) is 52.8 Å². The summed E-state index contributed by atoms with van der Waals surface area (Å²) in [6, 6.07) is 9.30. The summed E-state index contributed by atoms with van der Waals surface area (Å²) in [5.41, 5.74) is 1.62. The quantitative estimate of drug-likeness (QED) is 0.880. The zero-order valence-electron chi connectivity index (χ0n) is 12.8. The Balaban J connectivity index is 1.66. The Morgan fingerprint density at radius 1 is 1.30 bits per heavy atom. The van der Waals surface area contributed by atoms with Gasteiger partial charge in [0.05, 0.1) is 16.8 Å². The Morgan fingerprint density at radius 3 is 2.91 bits per heavy atom. The SMILES string of the molecule is CC(NCC(O)c1cc(Cl)c2c(c1)OCCO2)c1ccccn1. The van der Waals surface area contributed by atoms with Crippen molar-refractivity contribution >= 4 is 11.6 Å². The van der Waals surface area contributed by atoms with E-state index in [4.69, 9.17) is 21.1 Å². The number of aliphatic hydroxyl groups is 1. The molecule has 2 unspecified atom stereocenters. The van der Waals surface area contributed by atoms with Crippen LogP contribution in [0.1, 0.15) is 30.3 Å². The minimum atomic E-state index is -0.700. The van der Waals surface area contributed by atoms with Crippen LogP contribution < -0.4 is 14.8 Å². The summed E-state index contributed by atoms with van der Waals surface area (Å²) in [7, 11) is 0. The molecule has 0 radical (unpaired) electrons. The van der Waals surface area contributed by atoms with Gasteiger partial charge in [0.15, 0.2) is 11.5 Å². The van der Waals surface area contributed by atoms with E-state index in [9.17, 15) is 5.11 Å². The number of aromatic nitrogens is 1. The average Bonchev–Trinajstić information content (AvgIpc) is 2.60. The standard InChI is InChI=1S/C17H19ClN2O3/c1-11(14-4-2-3-5-19-14)20-10-15(21)12-8-13(18)17-16(9-12)22-6-7-23-17/h2-5,8-9,11,15,20-21H,6-7,10H2,1H3. The van der Waals surface area contributed by atoms with Crippen LogP contribution in [0, 0.1) is 0 Å². The largest absolute Gasteiger partial charge is 0.486 e. The summed E-state index contributed by atoms with van der Waals surface area (Å²) in [4.78, 5) is 4.30. The average molecular weight is 335 g/mol. The molecule has 1 aliphatic rings. The van der Waals surface area contributed by atoms with Crippen LogP contribution in [0.2, 0.25) is 5.02 Å². The number of rotatable bonds is 5. The van der Waals surface area contributed by atoms with E-state index in [0.29, 0.717) is 41.8 Å². The number of nitrogens with zero attached hydrogens (tertiary/aromatic N) is 1. The highest BCUT2D eigenvalue weighted by atomic mass is 35.5. The Hall–Kier alpha value is -1.82. The zero-order chi connectivity index (χ0) is 16.2. The summed E-state index contributed by atoms with van der Waals surface area (Å²) >= 11 is 6.20. The number of fused-ring (bicyclic) bond motifs is 1. The second kappa shape index (κ2) is 7.17. The van der Waals surface area contributed by atoms with Gasteiger partial charge in [-0.3, -0.25) is 4.98 Å². The summed E-state index contributed by atoms with van der Waals surface area (Å²) in [5, 5.41) is 14.1. The van der Waals surface area contributed by atoms with Crippen molar-refractivity contribution in [2.24, 2.45) is 0 Å². The van der Waals surface area contributed by atoms with Crippen LogP contribution in [0.25, 0.3) is 0 Å². The van der Waals surface area contributed by atoms with Gasteiger partial charge < -0.3 is 19.9 Å². The molecular formula is C17H19ClN2O3. The highest BCUT2D eigenvalue weighted by Crippen LogP contribution is 2.39. The molecule has 2 atom stereocenters. The molecule has 6 heteroatoms. The molecule has 1 aliphatic heterocycles. The number of pyridine rings is 1. The van der Waals surface area contributed by atoms with Gasteiger partial charge in [-0.25, -0.2) is 0 Å². The van der Waals surface area contributed by atoms with Gasteiger partial charge in [-0.05, 0) is 36.8 Å². The van der Waals surface area contributed by atoms with Gasteiger partial charge >= 0.3 is 0 Å². The third kappa shape index (κ3) is 3.75. The van der Waals surface area contributed by atoms with Gasteiger partial charge in [-0.2, -0.15) is 0 Å². The first kappa shape index (κ1) is 16.1. The van der Waals surface area contributed by atoms with Crippen LogP contribution in [0.3, 0.4) is 0 Å².